The molecule has 2 aliphatic heterocycles. The van der Waals surface area contributed by atoms with Crippen LogP contribution in [0.2, 0.25) is 0 Å². The number of rotatable bonds is 5. The molecule has 0 aromatic carbocycles. The number of nitrogens with zero attached hydrogens (tertiary/aromatic N) is 3. The van der Waals surface area contributed by atoms with Crippen molar-refractivity contribution < 1.29 is 9.15 Å². The van der Waals surface area contributed by atoms with Crippen molar-refractivity contribution in [3.63, 3.8) is 0 Å². The van der Waals surface area contributed by atoms with Gasteiger partial charge in [-0.3, -0.25) is 14.8 Å². The first-order valence-corrected chi connectivity index (χ1v) is 9.20. The summed E-state index contributed by atoms with van der Waals surface area (Å²) in [5, 5.41) is 0. The van der Waals surface area contributed by atoms with Gasteiger partial charge < -0.3 is 9.15 Å². The minimum Gasteiger partial charge on any atom is -0.468 e. The number of aromatic nitrogens is 1. The molecule has 4 heterocycles. The second-order valence-corrected chi connectivity index (χ2v) is 7.48. The van der Waals surface area contributed by atoms with Crippen LogP contribution < -0.4 is 0 Å². The molecular formula is C20H27N3O2. The fraction of sp³-hybridized carbons (Fsp3) is 0.550. The summed E-state index contributed by atoms with van der Waals surface area (Å²) in [6.07, 6.45) is 8.88. The molecule has 1 unspecified atom stereocenters. The van der Waals surface area contributed by atoms with E-state index in [4.69, 9.17) is 9.15 Å². The van der Waals surface area contributed by atoms with Gasteiger partial charge in [0, 0.05) is 38.1 Å². The number of piperidine rings is 1. The zero-order chi connectivity index (χ0) is 17.1. The maximum Gasteiger partial charge on any atom is 0.117 e. The Morgan fingerprint density at radius 2 is 2.04 bits per heavy atom. The quantitative estimate of drug-likeness (QED) is 0.836. The molecule has 2 fully saturated rings. The van der Waals surface area contributed by atoms with Crippen LogP contribution in [0.1, 0.15) is 30.6 Å². The molecule has 0 N–H and O–H groups in total. The average Bonchev–Trinajstić information content (AvgIpc) is 3.29. The summed E-state index contributed by atoms with van der Waals surface area (Å²) in [4.78, 5) is 9.00. The van der Waals surface area contributed by atoms with E-state index >= 15 is 0 Å². The van der Waals surface area contributed by atoms with Crippen molar-refractivity contribution in [3.05, 3.63) is 54.2 Å². The van der Waals surface area contributed by atoms with E-state index in [0.717, 1.165) is 57.8 Å². The molecule has 0 amide bonds. The van der Waals surface area contributed by atoms with Crippen LogP contribution in [0.5, 0.6) is 0 Å². The molecule has 2 aromatic heterocycles. The van der Waals surface area contributed by atoms with Crippen LogP contribution in [-0.4, -0.2) is 53.2 Å². The molecule has 0 saturated carbocycles. The lowest BCUT2D eigenvalue weighted by Gasteiger charge is -2.39. The molecule has 25 heavy (non-hydrogen) atoms. The van der Waals surface area contributed by atoms with Gasteiger partial charge in [-0.2, -0.15) is 0 Å². The SMILES string of the molecule is CN(Cc1ccco1)C1COC2(CCN(Cc3ccncc3)CC2)C1. The lowest BCUT2D eigenvalue weighted by molar-refractivity contribution is -0.0452. The Morgan fingerprint density at radius 3 is 2.76 bits per heavy atom. The van der Waals surface area contributed by atoms with Gasteiger partial charge in [-0.25, -0.2) is 0 Å². The van der Waals surface area contributed by atoms with Crippen molar-refractivity contribution in [2.45, 2.75) is 44.0 Å². The van der Waals surface area contributed by atoms with E-state index in [1.807, 2.05) is 24.5 Å². The highest BCUT2D eigenvalue weighted by molar-refractivity contribution is 5.10. The first kappa shape index (κ1) is 16.8. The summed E-state index contributed by atoms with van der Waals surface area (Å²) < 4.78 is 11.8. The van der Waals surface area contributed by atoms with Crippen molar-refractivity contribution in [2.75, 3.05) is 26.7 Å². The van der Waals surface area contributed by atoms with Crippen molar-refractivity contribution in [1.29, 1.82) is 0 Å². The normalized spacial score (nSPS) is 23.5. The second-order valence-electron chi connectivity index (χ2n) is 7.48. The Kier molecular flexibility index (Phi) is 4.88. The van der Waals surface area contributed by atoms with E-state index in [1.165, 1.54) is 5.56 Å². The fourth-order valence-corrected chi connectivity index (χ4v) is 4.09. The lowest BCUT2D eigenvalue weighted by atomic mass is 9.87. The molecule has 2 saturated heterocycles. The Balaban J connectivity index is 1.28. The van der Waals surface area contributed by atoms with Gasteiger partial charge in [0.2, 0.25) is 0 Å². The number of ether oxygens (including phenoxy) is 1. The highest BCUT2D eigenvalue weighted by Crippen LogP contribution is 2.38. The van der Waals surface area contributed by atoms with Gasteiger partial charge >= 0.3 is 0 Å². The Labute approximate surface area is 149 Å². The maximum absolute atomic E-state index is 6.32. The molecule has 0 radical (unpaired) electrons. The number of likely N-dealkylation sites (tertiary alicyclic amines) is 1. The smallest absolute Gasteiger partial charge is 0.117 e. The van der Waals surface area contributed by atoms with E-state index in [0.29, 0.717) is 6.04 Å². The van der Waals surface area contributed by atoms with Crippen molar-refractivity contribution >= 4 is 0 Å². The first-order chi connectivity index (χ1) is 12.2. The largest absolute Gasteiger partial charge is 0.468 e. The summed E-state index contributed by atoms with van der Waals surface area (Å²) in [6, 6.07) is 8.69. The van der Waals surface area contributed by atoms with E-state index in [9.17, 15) is 0 Å². The van der Waals surface area contributed by atoms with E-state index in [1.54, 1.807) is 6.26 Å². The van der Waals surface area contributed by atoms with Crippen molar-refractivity contribution in [2.24, 2.45) is 0 Å². The van der Waals surface area contributed by atoms with Crippen LogP contribution >= 0.6 is 0 Å². The fourth-order valence-electron chi connectivity index (χ4n) is 4.09. The Bertz CT molecular complexity index is 651. The number of likely N-dealkylation sites (N-methyl/N-ethyl adjacent to an activating group) is 1. The molecule has 134 valence electrons. The summed E-state index contributed by atoms with van der Waals surface area (Å²) in [7, 11) is 2.17. The molecule has 2 aromatic rings. The standard InChI is InChI=1S/C20H27N3O2/c1-22(15-19-3-2-12-24-19)18-13-20(25-16-18)6-10-23(11-7-20)14-17-4-8-21-9-5-17/h2-5,8-9,12,18H,6-7,10-11,13-16H2,1H3. The van der Waals surface area contributed by atoms with Gasteiger partial charge in [0.25, 0.3) is 0 Å². The van der Waals surface area contributed by atoms with Gasteiger partial charge in [-0.15, -0.1) is 0 Å². The predicted octanol–water partition coefficient (Wildman–Crippen LogP) is 2.93. The van der Waals surface area contributed by atoms with E-state index < -0.39 is 0 Å². The summed E-state index contributed by atoms with van der Waals surface area (Å²) in [5.41, 5.74) is 1.42. The number of furan rings is 1. The van der Waals surface area contributed by atoms with Gasteiger partial charge in [0.05, 0.1) is 25.0 Å². The van der Waals surface area contributed by atoms with Crippen LogP contribution in [-0.2, 0) is 17.8 Å². The van der Waals surface area contributed by atoms with Gasteiger partial charge in [-0.05, 0) is 56.1 Å². The van der Waals surface area contributed by atoms with Gasteiger partial charge in [-0.1, -0.05) is 0 Å². The molecule has 5 nitrogen and oxygen atoms in total. The molecule has 5 heteroatoms. The molecule has 1 spiro atoms. The summed E-state index contributed by atoms with van der Waals surface area (Å²) >= 11 is 0. The predicted molar refractivity (Wildman–Crippen MR) is 96.0 cm³/mol. The summed E-state index contributed by atoms with van der Waals surface area (Å²) in [6.45, 7) is 4.92. The molecule has 0 aliphatic carbocycles. The third-order valence-corrected chi connectivity index (χ3v) is 5.72. The minimum absolute atomic E-state index is 0.0802. The number of pyridine rings is 1. The van der Waals surface area contributed by atoms with Crippen molar-refractivity contribution in [3.8, 4) is 0 Å². The van der Waals surface area contributed by atoms with Crippen LogP contribution in [0.15, 0.2) is 47.3 Å². The van der Waals surface area contributed by atoms with Crippen LogP contribution in [0.4, 0.5) is 0 Å². The Hall–Kier alpha value is -1.69. The third-order valence-electron chi connectivity index (χ3n) is 5.72. The average molecular weight is 341 g/mol. The highest BCUT2D eigenvalue weighted by atomic mass is 16.5. The second kappa shape index (κ2) is 7.28. The Morgan fingerprint density at radius 1 is 1.24 bits per heavy atom. The van der Waals surface area contributed by atoms with Crippen molar-refractivity contribution in [1.82, 2.24) is 14.8 Å². The lowest BCUT2D eigenvalue weighted by Crippen LogP contribution is -2.44. The summed E-state index contributed by atoms with van der Waals surface area (Å²) in [5.74, 6) is 1.02. The van der Waals surface area contributed by atoms with Gasteiger partial charge in [0.15, 0.2) is 0 Å². The van der Waals surface area contributed by atoms with Crippen LogP contribution in [0.3, 0.4) is 0 Å². The molecule has 2 aliphatic rings. The molecule has 1 atom stereocenters. The van der Waals surface area contributed by atoms with Crippen LogP contribution in [0, 0.1) is 0 Å². The minimum atomic E-state index is 0.0802. The zero-order valence-electron chi connectivity index (χ0n) is 14.9. The highest BCUT2D eigenvalue weighted by Gasteiger charge is 2.43. The maximum atomic E-state index is 6.32. The van der Waals surface area contributed by atoms with E-state index in [2.05, 4.69) is 34.0 Å². The third kappa shape index (κ3) is 3.94. The zero-order valence-corrected chi connectivity index (χ0v) is 14.9. The van der Waals surface area contributed by atoms with Gasteiger partial charge in [0.1, 0.15) is 5.76 Å². The topological polar surface area (TPSA) is 41.7 Å². The number of hydrogen-bond acceptors (Lipinski definition) is 5. The molecular weight excluding hydrogens is 314 g/mol. The molecule has 4 rings (SSSR count). The first-order valence-electron chi connectivity index (χ1n) is 9.20. The number of hydrogen-bond donors (Lipinski definition) is 0. The van der Waals surface area contributed by atoms with Crippen LogP contribution in [0.25, 0.3) is 0 Å². The molecule has 0 bridgehead atoms. The monoisotopic (exact) mass is 341 g/mol. The van der Waals surface area contributed by atoms with E-state index in [-0.39, 0.29) is 5.60 Å².